The van der Waals surface area contributed by atoms with Gasteiger partial charge in [-0.3, -0.25) is 0 Å². The average Bonchev–Trinajstić information content (AvgIpc) is 2.48. The molecule has 6 heteroatoms. The van der Waals surface area contributed by atoms with Crippen LogP contribution in [0.3, 0.4) is 0 Å². The molecule has 0 aliphatic rings. The molecule has 0 atom stereocenters. The lowest BCUT2D eigenvalue weighted by Gasteiger charge is -2.14. The molecule has 0 fully saturated rings. The van der Waals surface area contributed by atoms with Crippen molar-refractivity contribution in [2.75, 3.05) is 0 Å². The van der Waals surface area contributed by atoms with Crippen LogP contribution in [0.15, 0.2) is 30.8 Å². The second kappa shape index (κ2) is 6.46. The second-order valence-corrected chi connectivity index (χ2v) is 5.63. The highest BCUT2D eigenvalue weighted by atomic mass is 35.5. The van der Waals surface area contributed by atoms with E-state index < -0.39 is 0 Å². The second-order valence-electron chi connectivity index (χ2n) is 3.74. The monoisotopic (exact) mass is 366 g/mol. The SMILES string of the molecule is C=Cc1ccccc1Oc1c(Cl)c(Cl)c(Cl)c(Cl)c1Cl. The van der Waals surface area contributed by atoms with Crippen molar-refractivity contribution in [3.05, 3.63) is 61.5 Å². The molecule has 0 heterocycles. The molecular weight excluding hydrogens is 361 g/mol. The summed E-state index contributed by atoms with van der Waals surface area (Å²) in [5, 5.41) is 0.477. The van der Waals surface area contributed by atoms with Gasteiger partial charge in [-0.2, -0.15) is 0 Å². The zero-order valence-electron chi connectivity index (χ0n) is 9.89. The van der Waals surface area contributed by atoms with E-state index in [1.165, 1.54) is 0 Å². The molecular formula is C14H7Cl5O. The molecule has 0 radical (unpaired) electrons. The van der Waals surface area contributed by atoms with E-state index in [-0.39, 0.29) is 30.9 Å². The first kappa shape index (κ1) is 15.8. The van der Waals surface area contributed by atoms with Crippen LogP contribution < -0.4 is 4.74 Å². The molecule has 0 spiro atoms. The van der Waals surface area contributed by atoms with Crippen LogP contribution in [0.2, 0.25) is 25.1 Å². The minimum atomic E-state index is 0.0905. The van der Waals surface area contributed by atoms with Crippen molar-refractivity contribution >= 4 is 64.1 Å². The summed E-state index contributed by atoms with van der Waals surface area (Å²) in [4.78, 5) is 0. The van der Waals surface area contributed by atoms with E-state index in [4.69, 9.17) is 62.7 Å². The first-order valence-electron chi connectivity index (χ1n) is 5.38. The van der Waals surface area contributed by atoms with Gasteiger partial charge in [-0.25, -0.2) is 0 Å². The molecule has 104 valence electrons. The molecule has 0 aliphatic heterocycles. The Kier molecular flexibility index (Phi) is 5.11. The van der Waals surface area contributed by atoms with Crippen LogP contribution in [0.1, 0.15) is 5.56 Å². The Hall–Kier alpha value is -0.570. The Bertz CT molecular complexity index is 652. The minimum absolute atomic E-state index is 0.0905. The fourth-order valence-electron chi connectivity index (χ4n) is 1.53. The molecule has 0 unspecified atom stereocenters. The van der Waals surface area contributed by atoms with Crippen molar-refractivity contribution in [2.24, 2.45) is 0 Å². The molecule has 0 amide bonds. The Morgan fingerprint density at radius 1 is 0.800 bits per heavy atom. The van der Waals surface area contributed by atoms with E-state index in [1.807, 2.05) is 18.2 Å². The molecule has 2 rings (SSSR count). The van der Waals surface area contributed by atoms with Crippen molar-refractivity contribution in [2.45, 2.75) is 0 Å². The first-order valence-corrected chi connectivity index (χ1v) is 7.27. The van der Waals surface area contributed by atoms with Gasteiger partial charge in [-0.05, 0) is 6.07 Å². The van der Waals surface area contributed by atoms with E-state index in [9.17, 15) is 0 Å². The van der Waals surface area contributed by atoms with Gasteiger partial charge in [0.1, 0.15) is 15.8 Å². The van der Waals surface area contributed by atoms with Gasteiger partial charge in [0.05, 0.1) is 15.1 Å². The molecule has 0 saturated heterocycles. The van der Waals surface area contributed by atoms with E-state index >= 15 is 0 Å². The summed E-state index contributed by atoms with van der Waals surface area (Å²) in [5.41, 5.74) is 0.779. The number of hydrogen-bond acceptors (Lipinski definition) is 1. The molecule has 2 aromatic carbocycles. The highest BCUT2D eigenvalue weighted by molar-refractivity contribution is 6.55. The molecule has 1 nitrogen and oxygen atoms in total. The van der Waals surface area contributed by atoms with E-state index in [2.05, 4.69) is 6.58 Å². The van der Waals surface area contributed by atoms with Crippen LogP contribution in [0.5, 0.6) is 11.5 Å². The maximum atomic E-state index is 6.11. The number of benzene rings is 2. The average molecular weight is 368 g/mol. The third-order valence-electron chi connectivity index (χ3n) is 2.52. The van der Waals surface area contributed by atoms with Crippen LogP contribution in [0, 0.1) is 0 Å². The van der Waals surface area contributed by atoms with Crippen molar-refractivity contribution in [1.82, 2.24) is 0 Å². The van der Waals surface area contributed by atoms with Crippen molar-refractivity contribution in [3.8, 4) is 11.5 Å². The zero-order chi connectivity index (χ0) is 14.9. The maximum absolute atomic E-state index is 6.11. The highest BCUT2D eigenvalue weighted by Gasteiger charge is 2.21. The lowest BCUT2D eigenvalue weighted by atomic mass is 10.2. The van der Waals surface area contributed by atoms with Crippen LogP contribution >= 0.6 is 58.0 Å². The van der Waals surface area contributed by atoms with E-state index in [1.54, 1.807) is 12.1 Å². The quantitative estimate of drug-likeness (QED) is 0.405. The fourth-order valence-corrected chi connectivity index (χ4v) is 2.72. The minimum Gasteiger partial charge on any atom is -0.453 e. The number of hydrogen-bond donors (Lipinski definition) is 0. The number of para-hydroxylation sites is 1. The molecule has 0 aliphatic carbocycles. The number of halogens is 5. The summed E-state index contributed by atoms with van der Waals surface area (Å²) in [6, 6.07) is 7.25. The van der Waals surface area contributed by atoms with Crippen LogP contribution in [-0.2, 0) is 0 Å². The molecule has 2 aromatic rings. The summed E-state index contributed by atoms with van der Waals surface area (Å²) in [5.74, 6) is 0.683. The van der Waals surface area contributed by atoms with Gasteiger partial charge in [0, 0.05) is 5.56 Å². The van der Waals surface area contributed by atoms with Crippen molar-refractivity contribution in [3.63, 3.8) is 0 Å². The van der Waals surface area contributed by atoms with Crippen molar-refractivity contribution < 1.29 is 4.74 Å². The van der Waals surface area contributed by atoms with Crippen LogP contribution in [0.25, 0.3) is 6.08 Å². The van der Waals surface area contributed by atoms with Crippen LogP contribution in [-0.4, -0.2) is 0 Å². The van der Waals surface area contributed by atoms with Gasteiger partial charge in [-0.15, -0.1) is 0 Å². The van der Waals surface area contributed by atoms with E-state index in [0.717, 1.165) is 5.56 Å². The van der Waals surface area contributed by atoms with Gasteiger partial charge in [0.25, 0.3) is 0 Å². The molecule has 0 bridgehead atoms. The lowest BCUT2D eigenvalue weighted by molar-refractivity contribution is 0.482. The smallest absolute Gasteiger partial charge is 0.167 e. The largest absolute Gasteiger partial charge is 0.453 e. The van der Waals surface area contributed by atoms with Crippen molar-refractivity contribution in [1.29, 1.82) is 0 Å². The summed E-state index contributed by atoms with van der Waals surface area (Å²) < 4.78 is 5.72. The number of ether oxygens (including phenoxy) is 1. The maximum Gasteiger partial charge on any atom is 0.167 e. The zero-order valence-corrected chi connectivity index (χ0v) is 13.7. The van der Waals surface area contributed by atoms with Gasteiger partial charge in [0.2, 0.25) is 0 Å². The molecule has 0 saturated carbocycles. The predicted molar refractivity (Wildman–Crippen MR) is 88.1 cm³/mol. The predicted octanol–water partition coefficient (Wildman–Crippen LogP) is 7.39. The highest BCUT2D eigenvalue weighted by Crippen LogP contribution is 2.49. The van der Waals surface area contributed by atoms with Gasteiger partial charge in [0.15, 0.2) is 5.75 Å². The Morgan fingerprint density at radius 3 is 1.85 bits per heavy atom. The Balaban J connectivity index is 2.57. The van der Waals surface area contributed by atoms with Gasteiger partial charge >= 0.3 is 0 Å². The Labute approximate surface area is 141 Å². The lowest BCUT2D eigenvalue weighted by Crippen LogP contribution is -1.91. The molecule has 0 aromatic heterocycles. The standard InChI is InChI=1S/C14H7Cl5O/c1-2-7-5-3-4-6-8(7)20-14-12(18)10(16)9(15)11(17)13(14)19/h2-6H,1H2. The third-order valence-corrected chi connectivity index (χ3v) is 4.76. The topological polar surface area (TPSA) is 9.23 Å². The molecule has 0 N–H and O–H groups in total. The fraction of sp³-hybridized carbons (Fsp3) is 0. The van der Waals surface area contributed by atoms with Gasteiger partial charge < -0.3 is 4.74 Å². The summed E-state index contributed by atoms with van der Waals surface area (Å²) in [6.45, 7) is 3.71. The summed E-state index contributed by atoms with van der Waals surface area (Å²) >= 11 is 30.1. The first-order chi connectivity index (χ1) is 9.47. The Morgan fingerprint density at radius 2 is 1.30 bits per heavy atom. The third kappa shape index (κ3) is 2.88. The van der Waals surface area contributed by atoms with Gasteiger partial charge in [-0.1, -0.05) is 88.9 Å². The van der Waals surface area contributed by atoms with E-state index in [0.29, 0.717) is 5.75 Å². The normalized spacial score (nSPS) is 10.4. The molecule has 20 heavy (non-hydrogen) atoms. The van der Waals surface area contributed by atoms with Crippen LogP contribution in [0.4, 0.5) is 0 Å². The summed E-state index contributed by atoms with van der Waals surface area (Å²) in [7, 11) is 0. The number of rotatable bonds is 3. The summed E-state index contributed by atoms with van der Waals surface area (Å²) in [6.07, 6.45) is 1.65.